The van der Waals surface area contributed by atoms with E-state index in [2.05, 4.69) is 29.2 Å². The van der Waals surface area contributed by atoms with Crippen LogP contribution < -0.4 is 9.77 Å². The molecule has 8 nitrogen and oxygen atoms in total. The molecule has 2 aliphatic heterocycles. The van der Waals surface area contributed by atoms with Crippen molar-refractivity contribution in [3.63, 3.8) is 0 Å². The van der Waals surface area contributed by atoms with E-state index in [1.165, 1.54) is 16.2 Å². The second-order valence-corrected chi connectivity index (χ2v) is 12.5. The average molecular weight is 514 g/mol. The quantitative estimate of drug-likeness (QED) is 0.572. The number of hydrogen-bond acceptors (Lipinski definition) is 7. The van der Waals surface area contributed by atoms with Crippen LogP contribution in [0.3, 0.4) is 0 Å². The molecule has 2 aromatic rings. The zero-order chi connectivity index (χ0) is 24.6. The Morgan fingerprint density at radius 2 is 1.80 bits per heavy atom. The topological polar surface area (TPSA) is 111 Å². The second-order valence-electron chi connectivity index (χ2n) is 10.3. The van der Waals surface area contributed by atoms with Crippen LogP contribution in [0.25, 0.3) is 0 Å². The summed E-state index contributed by atoms with van der Waals surface area (Å²) < 4.78 is 0. The Morgan fingerprint density at radius 3 is 2.46 bits per heavy atom. The summed E-state index contributed by atoms with van der Waals surface area (Å²) in [7, 11) is 4.00. The van der Waals surface area contributed by atoms with E-state index in [0.717, 1.165) is 27.6 Å². The van der Waals surface area contributed by atoms with E-state index in [4.69, 9.17) is 5.11 Å². The molecule has 7 atom stereocenters. The fourth-order valence-electron chi connectivity index (χ4n) is 7.04. The van der Waals surface area contributed by atoms with Gasteiger partial charge in [0, 0.05) is 48.8 Å². The molecule has 0 unspecified atom stereocenters. The van der Waals surface area contributed by atoms with Gasteiger partial charge >= 0.3 is 10.8 Å². The van der Waals surface area contributed by atoms with Crippen molar-refractivity contribution >= 4 is 46.6 Å². The van der Waals surface area contributed by atoms with Crippen LogP contribution in [0.4, 0.5) is 5.69 Å². The fourth-order valence-corrected chi connectivity index (χ4v) is 9.93. The predicted molar refractivity (Wildman–Crippen MR) is 133 cm³/mol. The van der Waals surface area contributed by atoms with Crippen LogP contribution in [0, 0.1) is 29.6 Å². The number of benzene rings is 1. The van der Waals surface area contributed by atoms with Crippen LogP contribution in [-0.4, -0.2) is 58.7 Å². The van der Waals surface area contributed by atoms with Gasteiger partial charge in [0.25, 0.3) is 0 Å². The van der Waals surface area contributed by atoms with Gasteiger partial charge in [0.2, 0.25) is 11.8 Å². The highest BCUT2D eigenvalue weighted by Crippen LogP contribution is 2.68. The Labute approximate surface area is 210 Å². The number of imide groups is 1. The molecule has 2 amide bonds. The van der Waals surface area contributed by atoms with Crippen molar-refractivity contribution in [1.82, 2.24) is 9.88 Å². The van der Waals surface area contributed by atoms with Gasteiger partial charge in [0.1, 0.15) is 0 Å². The average Bonchev–Trinajstić information content (AvgIpc) is 3.54. The number of anilines is 1. The van der Waals surface area contributed by atoms with E-state index in [-0.39, 0.29) is 76.8 Å². The number of carboxylic acids is 1. The van der Waals surface area contributed by atoms with Crippen LogP contribution in [0.5, 0.6) is 0 Å². The van der Waals surface area contributed by atoms with Gasteiger partial charge < -0.3 is 15.0 Å². The summed E-state index contributed by atoms with van der Waals surface area (Å²) >= 11 is 2.94. The van der Waals surface area contributed by atoms with E-state index in [1.807, 2.05) is 19.0 Å². The van der Waals surface area contributed by atoms with Gasteiger partial charge in [0.05, 0.1) is 16.9 Å². The van der Waals surface area contributed by atoms with Gasteiger partial charge in [-0.2, -0.15) is 0 Å². The number of likely N-dealkylation sites (tertiary alicyclic amines) is 1. The van der Waals surface area contributed by atoms with Crippen molar-refractivity contribution in [3.05, 3.63) is 44.4 Å². The minimum absolute atomic E-state index is 0.0105. The third-order valence-corrected chi connectivity index (χ3v) is 10.9. The van der Waals surface area contributed by atoms with Crippen molar-refractivity contribution < 1.29 is 19.5 Å². The Bertz CT molecular complexity index is 1270. The third-order valence-electron chi connectivity index (χ3n) is 8.36. The molecular formula is C25H27N3O5S2. The van der Waals surface area contributed by atoms with Gasteiger partial charge in [-0.3, -0.25) is 24.1 Å². The summed E-state index contributed by atoms with van der Waals surface area (Å²) in [5.74, 6) is -1.50. The lowest BCUT2D eigenvalue weighted by Crippen LogP contribution is -2.42. The first-order valence-electron chi connectivity index (χ1n) is 12.0. The molecule has 6 rings (SSSR count). The summed E-state index contributed by atoms with van der Waals surface area (Å²) in [6.45, 7) is 0.176. The molecule has 2 bridgehead atoms. The second kappa shape index (κ2) is 8.23. The molecule has 3 fully saturated rings. The van der Waals surface area contributed by atoms with Crippen LogP contribution in [0.15, 0.2) is 34.1 Å². The highest BCUT2D eigenvalue weighted by atomic mass is 32.2. The maximum absolute atomic E-state index is 13.4. The molecule has 0 radical (unpaired) electrons. The Morgan fingerprint density at radius 1 is 1.11 bits per heavy atom. The first-order valence-corrected chi connectivity index (χ1v) is 13.7. The zero-order valence-corrected chi connectivity index (χ0v) is 21.1. The molecule has 2 N–H and O–H groups in total. The molecule has 184 valence electrons. The van der Waals surface area contributed by atoms with Gasteiger partial charge in [-0.15, -0.1) is 11.8 Å². The van der Waals surface area contributed by atoms with E-state index >= 15 is 0 Å². The molecule has 2 saturated carbocycles. The summed E-state index contributed by atoms with van der Waals surface area (Å²) in [5.41, 5.74) is 2.24. The van der Waals surface area contributed by atoms with E-state index < -0.39 is 5.97 Å². The maximum Gasteiger partial charge on any atom is 0.305 e. The van der Waals surface area contributed by atoms with Crippen LogP contribution in [0.1, 0.15) is 35.6 Å². The lowest BCUT2D eigenvalue weighted by atomic mass is 9.68. The molecule has 1 aromatic carbocycles. The van der Waals surface area contributed by atoms with Gasteiger partial charge in [-0.05, 0) is 48.3 Å². The number of aromatic nitrogens is 1. The number of fused-ring (bicyclic) bond motifs is 9. The molecule has 0 spiro atoms. The number of carbonyl (C=O) groups excluding carboxylic acids is 2. The number of rotatable bonds is 6. The predicted octanol–water partition coefficient (Wildman–Crippen LogP) is 2.84. The zero-order valence-electron chi connectivity index (χ0n) is 19.5. The number of thiazole rings is 1. The van der Waals surface area contributed by atoms with Crippen molar-refractivity contribution in [2.75, 3.05) is 25.5 Å². The molecule has 4 aliphatic rings. The molecule has 10 heteroatoms. The van der Waals surface area contributed by atoms with Crippen molar-refractivity contribution in [2.24, 2.45) is 29.6 Å². The number of carbonyl (C=O) groups is 3. The number of nitrogens with zero attached hydrogens (tertiary/aromatic N) is 2. The van der Waals surface area contributed by atoms with E-state index in [1.54, 1.807) is 11.8 Å². The Balaban J connectivity index is 1.36. The van der Waals surface area contributed by atoms with Gasteiger partial charge in [0.15, 0.2) is 0 Å². The largest absolute Gasteiger partial charge is 0.481 e. The van der Waals surface area contributed by atoms with Gasteiger partial charge in [-0.25, -0.2) is 0 Å². The number of hydrogen-bond donors (Lipinski definition) is 2. The third kappa shape index (κ3) is 3.40. The minimum atomic E-state index is -0.921. The highest BCUT2D eigenvalue weighted by Gasteiger charge is 2.69. The summed E-state index contributed by atoms with van der Waals surface area (Å²) in [6.07, 6.45) is 1.07. The first-order chi connectivity index (χ1) is 16.8. The lowest BCUT2D eigenvalue weighted by Gasteiger charge is -2.43. The molecule has 1 saturated heterocycles. The van der Waals surface area contributed by atoms with Crippen LogP contribution in [0.2, 0.25) is 0 Å². The molecular weight excluding hydrogens is 486 g/mol. The van der Waals surface area contributed by atoms with Gasteiger partial charge in [-0.1, -0.05) is 23.5 Å². The number of aromatic amines is 1. The normalized spacial score (nSPS) is 32.5. The number of carboxylic acid groups (broad SMARTS) is 1. The number of thioether (sulfide) groups is 1. The minimum Gasteiger partial charge on any atom is -0.481 e. The van der Waals surface area contributed by atoms with Crippen LogP contribution in [-0.2, 0) is 14.4 Å². The fraction of sp³-hybridized carbons (Fsp3) is 0.520. The number of nitrogens with one attached hydrogen (secondary N) is 1. The van der Waals surface area contributed by atoms with Crippen LogP contribution >= 0.6 is 23.1 Å². The first kappa shape index (κ1) is 22.8. The lowest BCUT2D eigenvalue weighted by molar-refractivity contribution is -0.142. The molecule has 35 heavy (non-hydrogen) atoms. The van der Waals surface area contributed by atoms with Crippen molar-refractivity contribution in [3.8, 4) is 0 Å². The van der Waals surface area contributed by atoms with E-state index in [9.17, 15) is 19.2 Å². The number of amides is 2. The number of aliphatic carboxylic acids is 1. The van der Waals surface area contributed by atoms with Crippen molar-refractivity contribution in [1.29, 1.82) is 0 Å². The molecule has 2 aliphatic carbocycles. The summed E-state index contributed by atoms with van der Waals surface area (Å²) in [5, 5.41) is 10.0. The Hall–Kier alpha value is -2.59. The van der Waals surface area contributed by atoms with E-state index in [0.29, 0.717) is 0 Å². The SMILES string of the molecule is CN(C)c1ccc([C@H]2c3sc(=O)[nH]c3S[C@@H]3[C@@H]4C[C@H]([C@H]5C(=O)N(CCCC(=O)O)C(=O)[C@H]45)[C@H]23)cc1. The maximum atomic E-state index is 13.4. The standard InChI is InChI=1S/C25H27N3O5S2/c1-27(2)12-7-5-11(6-8-12)16-17-13-10-14(20(17)34-22-21(16)35-25(33)26-22)19-18(13)23(31)28(24(19)32)9-3-4-15(29)30/h5-8,13-14,16-20H,3-4,9-10H2,1-2H3,(H,26,33)(H,29,30)/t13-,14+,16+,17+,18+,19+,20+/m0/s1. The smallest absolute Gasteiger partial charge is 0.305 e. The monoisotopic (exact) mass is 513 g/mol. The summed E-state index contributed by atoms with van der Waals surface area (Å²) in [4.78, 5) is 57.4. The molecule has 3 heterocycles. The summed E-state index contributed by atoms with van der Waals surface area (Å²) in [6, 6.07) is 8.44. The highest BCUT2D eigenvalue weighted by molar-refractivity contribution is 8.00. The molecule has 1 aromatic heterocycles. The Kier molecular flexibility index (Phi) is 5.37. The number of H-pyrrole nitrogens is 1. The van der Waals surface area contributed by atoms with Crippen molar-refractivity contribution in [2.45, 2.75) is 35.5 Å².